The summed E-state index contributed by atoms with van der Waals surface area (Å²) in [6.07, 6.45) is 0.799. The van der Waals surface area contributed by atoms with E-state index in [1.807, 2.05) is 35.2 Å². The highest BCUT2D eigenvalue weighted by atomic mass is 79.9. The van der Waals surface area contributed by atoms with Crippen molar-refractivity contribution in [2.75, 3.05) is 11.4 Å². The molecule has 1 aliphatic heterocycles. The third-order valence-corrected chi connectivity index (χ3v) is 4.39. The number of fused-ring (bicyclic) bond motifs is 1. The van der Waals surface area contributed by atoms with Crippen molar-refractivity contribution in [3.63, 3.8) is 0 Å². The normalized spacial score (nSPS) is 17.1. The predicted octanol–water partition coefficient (Wildman–Crippen LogP) is 2.71. The van der Waals surface area contributed by atoms with E-state index in [1.54, 1.807) is 0 Å². The quantitative estimate of drug-likeness (QED) is 0.909. The van der Waals surface area contributed by atoms with Gasteiger partial charge in [-0.1, -0.05) is 46.3 Å². The van der Waals surface area contributed by atoms with Crippen LogP contribution in [0.3, 0.4) is 0 Å². The first-order valence-electron chi connectivity index (χ1n) is 7.14. The van der Waals surface area contributed by atoms with Crippen molar-refractivity contribution < 1.29 is 10.5 Å². The van der Waals surface area contributed by atoms with E-state index in [2.05, 4.69) is 39.9 Å². The number of hydrogen-bond acceptors (Lipinski definition) is 1. The van der Waals surface area contributed by atoms with Crippen molar-refractivity contribution in [1.82, 2.24) is 0 Å². The Morgan fingerprint density at radius 3 is 2.62 bits per heavy atom. The van der Waals surface area contributed by atoms with Crippen LogP contribution in [0, 0.1) is 0 Å². The molecule has 0 radical (unpaired) electrons. The van der Waals surface area contributed by atoms with Crippen LogP contribution in [-0.2, 0) is 11.3 Å². The summed E-state index contributed by atoms with van der Waals surface area (Å²) in [5, 5.41) is 0. The molecule has 0 fully saturated rings. The zero-order chi connectivity index (χ0) is 14.8. The lowest BCUT2D eigenvalue weighted by Crippen LogP contribution is -2.51. The maximum atomic E-state index is 12.8. The Kier molecular flexibility index (Phi) is 4.08. The summed E-state index contributed by atoms with van der Waals surface area (Å²) in [6.45, 7) is 1.39. The fourth-order valence-electron chi connectivity index (χ4n) is 2.90. The molecule has 1 heterocycles. The lowest BCUT2D eigenvalue weighted by Gasteiger charge is -2.18. The average molecular weight is 346 g/mol. The third kappa shape index (κ3) is 2.74. The third-order valence-electron chi connectivity index (χ3n) is 3.90. The highest BCUT2D eigenvalue weighted by Gasteiger charge is 2.36. The summed E-state index contributed by atoms with van der Waals surface area (Å²) < 4.78 is 1.02. The van der Waals surface area contributed by atoms with E-state index < -0.39 is 0 Å². The second-order valence-corrected chi connectivity index (χ2v) is 6.22. The Morgan fingerprint density at radius 2 is 1.90 bits per heavy atom. The fourth-order valence-corrected chi connectivity index (χ4v) is 3.28. The summed E-state index contributed by atoms with van der Waals surface area (Å²) in [4.78, 5) is 14.7. The van der Waals surface area contributed by atoms with Gasteiger partial charge in [0.1, 0.15) is 0 Å². The molecular weight excluding hydrogens is 328 g/mol. The lowest BCUT2D eigenvalue weighted by molar-refractivity contribution is -0.368. The molecule has 0 aromatic heterocycles. The monoisotopic (exact) mass is 345 g/mol. The Bertz CT molecular complexity index is 657. The van der Waals surface area contributed by atoms with Crippen LogP contribution in [0.2, 0.25) is 0 Å². The zero-order valence-corrected chi connectivity index (χ0v) is 13.3. The first-order chi connectivity index (χ1) is 10.2. The summed E-state index contributed by atoms with van der Waals surface area (Å²) >= 11 is 3.50. The molecular formula is C17H18BrN2O+. The maximum Gasteiger partial charge on any atom is 0.235 e. The number of nitrogens with zero attached hydrogens (tertiary/aromatic N) is 1. The molecule has 21 heavy (non-hydrogen) atoms. The Labute approximate surface area is 132 Å². The minimum atomic E-state index is -0.0567. The molecule has 0 spiro atoms. The van der Waals surface area contributed by atoms with Crippen LogP contribution >= 0.6 is 15.9 Å². The number of hydrogen-bond donors (Lipinski definition) is 1. The molecule has 0 aliphatic carbocycles. The van der Waals surface area contributed by atoms with E-state index in [4.69, 9.17) is 0 Å². The summed E-state index contributed by atoms with van der Waals surface area (Å²) in [7, 11) is 0. The predicted molar refractivity (Wildman–Crippen MR) is 86.9 cm³/mol. The van der Waals surface area contributed by atoms with Crippen LogP contribution < -0.4 is 10.6 Å². The lowest BCUT2D eigenvalue weighted by atomic mass is 9.97. The molecule has 1 amide bonds. The molecule has 2 aromatic rings. The van der Waals surface area contributed by atoms with Gasteiger partial charge >= 0.3 is 0 Å². The minimum Gasteiger partial charge on any atom is -0.358 e. The van der Waals surface area contributed by atoms with Gasteiger partial charge in [-0.05, 0) is 29.3 Å². The molecule has 0 bridgehead atoms. The van der Waals surface area contributed by atoms with Crippen LogP contribution in [0.15, 0.2) is 53.0 Å². The van der Waals surface area contributed by atoms with Gasteiger partial charge < -0.3 is 10.6 Å². The van der Waals surface area contributed by atoms with Gasteiger partial charge in [0.2, 0.25) is 5.91 Å². The molecule has 2 aromatic carbocycles. The van der Waals surface area contributed by atoms with Crippen LogP contribution in [0.4, 0.5) is 5.69 Å². The van der Waals surface area contributed by atoms with Gasteiger partial charge in [-0.3, -0.25) is 4.79 Å². The highest BCUT2D eigenvalue weighted by molar-refractivity contribution is 9.10. The van der Waals surface area contributed by atoms with Crippen molar-refractivity contribution in [1.29, 1.82) is 0 Å². The first-order valence-corrected chi connectivity index (χ1v) is 7.94. The number of quaternary nitrogens is 1. The van der Waals surface area contributed by atoms with Crippen molar-refractivity contribution in [3.8, 4) is 0 Å². The topological polar surface area (TPSA) is 48.0 Å². The SMILES string of the molecule is [NH3+]CC[C@@H]1C(=O)N(Cc2ccccc2)c2ccc(Br)cc21. The molecule has 108 valence electrons. The molecule has 0 saturated heterocycles. The smallest absolute Gasteiger partial charge is 0.235 e. The van der Waals surface area contributed by atoms with Gasteiger partial charge in [-0.15, -0.1) is 0 Å². The molecule has 3 rings (SSSR count). The van der Waals surface area contributed by atoms with Gasteiger partial charge in [-0.25, -0.2) is 0 Å². The molecule has 0 saturated carbocycles. The van der Waals surface area contributed by atoms with Crippen LogP contribution in [0.5, 0.6) is 0 Å². The fraction of sp³-hybridized carbons (Fsp3) is 0.235. The van der Waals surface area contributed by atoms with Gasteiger partial charge in [0.25, 0.3) is 0 Å². The zero-order valence-electron chi connectivity index (χ0n) is 11.8. The number of amides is 1. The Hall–Kier alpha value is -1.65. The van der Waals surface area contributed by atoms with E-state index in [0.29, 0.717) is 6.54 Å². The highest BCUT2D eigenvalue weighted by Crippen LogP contribution is 2.41. The van der Waals surface area contributed by atoms with Gasteiger partial charge in [-0.2, -0.15) is 0 Å². The second-order valence-electron chi connectivity index (χ2n) is 5.31. The molecule has 4 heteroatoms. The van der Waals surface area contributed by atoms with E-state index >= 15 is 0 Å². The largest absolute Gasteiger partial charge is 0.358 e. The van der Waals surface area contributed by atoms with Crippen molar-refractivity contribution in [2.45, 2.75) is 18.9 Å². The molecule has 3 nitrogen and oxygen atoms in total. The molecule has 3 N–H and O–H groups in total. The Balaban J connectivity index is 1.97. The van der Waals surface area contributed by atoms with Gasteiger partial charge in [0, 0.05) is 16.6 Å². The number of benzene rings is 2. The number of halogens is 1. The van der Waals surface area contributed by atoms with Crippen molar-refractivity contribution >= 4 is 27.5 Å². The second kappa shape index (κ2) is 6.00. The van der Waals surface area contributed by atoms with E-state index in [9.17, 15) is 4.79 Å². The van der Waals surface area contributed by atoms with E-state index in [1.165, 1.54) is 0 Å². The number of rotatable bonds is 4. The summed E-state index contributed by atoms with van der Waals surface area (Å²) in [5.41, 5.74) is 7.21. The maximum absolute atomic E-state index is 12.8. The average Bonchev–Trinajstić information content (AvgIpc) is 2.74. The van der Waals surface area contributed by atoms with E-state index in [-0.39, 0.29) is 11.8 Å². The van der Waals surface area contributed by atoms with Crippen LogP contribution in [-0.4, -0.2) is 12.5 Å². The minimum absolute atomic E-state index is 0.0567. The number of anilines is 1. The molecule has 1 aliphatic rings. The number of carbonyl (C=O) groups is 1. The van der Waals surface area contributed by atoms with Crippen LogP contribution in [0.1, 0.15) is 23.5 Å². The summed E-state index contributed by atoms with van der Waals surface area (Å²) in [6, 6.07) is 16.2. The number of carbonyl (C=O) groups excluding carboxylic acids is 1. The van der Waals surface area contributed by atoms with Crippen molar-refractivity contribution in [2.24, 2.45) is 0 Å². The Morgan fingerprint density at radius 1 is 1.14 bits per heavy atom. The van der Waals surface area contributed by atoms with Crippen LogP contribution in [0.25, 0.3) is 0 Å². The van der Waals surface area contributed by atoms with Gasteiger partial charge in [0.15, 0.2) is 0 Å². The van der Waals surface area contributed by atoms with E-state index in [0.717, 1.165) is 34.3 Å². The molecule has 1 atom stereocenters. The first kappa shape index (κ1) is 14.3. The van der Waals surface area contributed by atoms with Gasteiger partial charge in [0.05, 0.1) is 19.0 Å². The van der Waals surface area contributed by atoms with Crippen molar-refractivity contribution in [3.05, 3.63) is 64.1 Å². The molecule has 0 unspecified atom stereocenters. The standard InChI is InChI=1S/C17H17BrN2O/c18-13-6-7-16-15(10-13)14(8-9-19)17(21)20(16)11-12-4-2-1-3-5-12/h1-7,10,14H,8-9,11,19H2/p+1/t14-/m0/s1. The summed E-state index contributed by atoms with van der Waals surface area (Å²) in [5.74, 6) is 0.134.